The van der Waals surface area contributed by atoms with E-state index in [1.54, 1.807) is 18.9 Å². The molecule has 0 spiro atoms. The first-order valence-corrected chi connectivity index (χ1v) is 15.4. The summed E-state index contributed by atoms with van der Waals surface area (Å²) in [7, 11) is 0. The lowest BCUT2D eigenvalue weighted by Gasteiger charge is -2.45. The summed E-state index contributed by atoms with van der Waals surface area (Å²) in [6, 6.07) is 22.6. The molecule has 2 aliphatic rings. The van der Waals surface area contributed by atoms with Gasteiger partial charge in [0, 0.05) is 72.9 Å². The fourth-order valence-corrected chi connectivity index (χ4v) is 6.47. The van der Waals surface area contributed by atoms with Gasteiger partial charge in [-0.25, -0.2) is 5.01 Å². The number of carbonyl (C=O) groups excluding carboxylic acids is 1. The number of benzene rings is 3. The summed E-state index contributed by atoms with van der Waals surface area (Å²) >= 11 is -2.69. The average Bonchev–Trinajstić information content (AvgIpc) is 3.00. The molecule has 0 bridgehead atoms. The third kappa shape index (κ3) is 7.14. The van der Waals surface area contributed by atoms with Gasteiger partial charge in [0.2, 0.25) is 0 Å². The molecule has 1 saturated heterocycles. The van der Waals surface area contributed by atoms with Crippen LogP contribution < -0.4 is 4.90 Å². The monoisotopic (exact) mass is 599 g/mol. The van der Waals surface area contributed by atoms with E-state index >= 15 is 0 Å². The molecule has 9 nitrogen and oxygen atoms in total. The third-order valence-corrected chi connectivity index (χ3v) is 8.65. The molecule has 2 aliphatic heterocycles. The lowest BCUT2D eigenvalue weighted by molar-refractivity contribution is -0.149. The highest BCUT2D eigenvalue weighted by Gasteiger charge is 2.35. The number of hydrogen-bond acceptors (Lipinski definition) is 6. The first kappa shape index (κ1) is 30.4. The highest BCUT2D eigenvalue weighted by Crippen LogP contribution is 2.23. The zero-order valence-corrected chi connectivity index (χ0v) is 25.1. The van der Waals surface area contributed by atoms with Crippen molar-refractivity contribution in [3.8, 4) is 11.8 Å². The molecular formula is C33H35N4O5S-. The molecule has 0 aliphatic carbocycles. The van der Waals surface area contributed by atoms with Gasteiger partial charge >= 0.3 is 5.97 Å². The zero-order valence-electron chi connectivity index (χ0n) is 24.3. The maximum atomic E-state index is 13.2. The molecule has 1 amide bonds. The van der Waals surface area contributed by atoms with Gasteiger partial charge in [-0.2, -0.15) is 4.41 Å². The van der Waals surface area contributed by atoms with E-state index in [1.165, 1.54) is 0 Å². The highest BCUT2D eigenvalue weighted by atomic mass is 32.2. The van der Waals surface area contributed by atoms with Crippen molar-refractivity contribution in [1.29, 1.82) is 0 Å². The van der Waals surface area contributed by atoms with Crippen LogP contribution in [-0.2, 0) is 29.0 Å². The third-order valence-electron chi connectivity index (χ3n) is 7.89. The Morgan fingerprint density at radius 3 is 2.23 bits per heavy atom. The van der Waals surface area contributed by atoms with Crippen LogP contribution in [0.4, 0.5) is 5.69 Å². The number of anilines is 1. The Bertz CT molecular complexity index is 1540. The van der Waals surface area contributed by atoms with E-state index in [0.717, 1.165) is 38.8 Å². The van der Waals surface area contributed by atoms with Crippen LogP contribution in [0.15, 0.2) is 72.8 Å². The summed E-state index contributed by atoms with van der Waals surface area (Å²) in [4.78, 5) is 29.0. The van der Waals surface area contributed by atoms with Crippen LogP contribution in [0.25, 0.3) is 0 Å². The Morgan fingerprint density at radius 2 is 1.60 bits per heavy atom. The van der Waals surface area contributed by atoms with Crippen LogP contribution in [0.5, 0.6) is 0 Å². The summed E-state index contributed by atoms with van der Waals surface area (Å²) in [5, 5.41) is 11.2. The number of carboxylic acids is 1. The Kier molecular flexibility index (Phi) is 9.58. The molecular weight excluding hydrogens is 564 g/mol. The van der Waals surface area contributed by atoms with Crippen molar-refractivity contribution in [2.24, 2.45) is 5.92 Å². The van der Waals surface area contributed by atoms with Crippen molar-refractivity contribution in [3.63, 3.8) is 0 Å². The molecule has 2 unspecified atom stereocenters. The largest absolute Gasteiger partial charge is 0.759 e. The molecule has 3 aromatic carbocycles. The molecule has 0 saturated carbocycles. The van der Waals surface area contributed by atoms with Crippen molar-refractivity contribution in [2.45, 2.75) is 32.9 Å². The first-order valence-electron chi connectivity index (χ1n) is 14.4. The molecule has 1 fully saturated rings. The van der Waals surface area contributed by atoms with E-state index in [0.29, 0.717) is 44.8 Å². The number of fused-ring (bicyclic) bond motifs is 1. The minimum Gasteiger partial charge on any atom is -0.759 e. The van der Waals surface area contributed by atoms with Gasteiger partial charge in [-0.3, -0.25) is 13.8 Å². The van der Waals surface area contributed by atoms with E-state index in [2.05, 4.69) is 16.7 Å². The molecule has 2 heterocycles. The highest BCUT2D eigenvalue weighted by molar-refractivity contribution is 7.76. The topological polar surface area (TPSA) is 107 Å². The van der Waals surface area contributed by atoms with E-state index < -0.39 is 23.3 Å². The van der Waals surface area contributed by atoms with Crippen LogP contribution in [-0.4, -0.2) is 78.8 Å². The summed E-state index contributed by atoms with van der Waals surface area (Å²) in [5.74, 6) is 4.89. The van der Waals surface area contributed by atoms with E-state index in [9.17, 15) is 23.5 Å². The minimum absolute atomic E-state index is 0.0329. The number of piperazine rings is 1. The summed E-state index contributed by atoms with van der Waals surface area (Å²) in [5.41, 5.74) is 5.49. The van der Waals surface area contributed by atoms with Gasteiger partial charge in [0.15, 0.2) is 0 Å². The Labute approximate surface area is 255 Å². The normalized spacial score (nSPS) is 16.9. The van der Waals surface area contributed by atoms with E-state index in [4.69, 9.17) is 0 Å². The molecule has 2 atom stereocenters. The van der Waals surface area contributed by atoms with Crippen molar-refractivity contribution in [2.75, 3.05) is 37.6 Å². The van der Waals surface area contributed by atoms with Crippen molar-refractivity contribution >= 4 is 28.8 Å². The SMILES string of the molecule is CC(C)C(C(=O)O)N(N1CCN(c2ccc(C#Cc3ccc4c(c3)C(=O)N(Cc3ccccc3)CC4)cc2)CC1)S(=O)[O-]. The van der Waals surface area contributed by atoms with Gasteiger partial charge in [-0.05, 0) is 59.9 Å². The first-order chi connectivity index (χ1) is 20.7. The zero-order chi connectivity index (χ0) is 30.5. The lowest BCUT2D eigenvalue weighted by Crippen LogP contribution is -2.60. The predicted octanol–water partition coefficient (Wildman–Crippen LogP) is 3.53. The van der Waals surface area contributed by atoms with Crippen molar-refractivity contribution in [3.05, 3.63) is 101 Å². The van der Waals surface area contributed by atoms with Gasteiger partial charge in [-0.1, -0.05) is 62.1 Å². The predicted molar refractivity (Wildman–Crippen MR) is 165 cm³/mol. The maximum absolute atomic E-state index is 13.2. The average molecular weight is 600 g/mol. The smallest absolute Gasteiger partial charge is 0.323 e. The number of hydrogen-bond donors (Lipinski definition) is 1. The molecule has 1 N–H and O–H groups in total. The van der Waals surface area contributed by atoms with Gasteiger partial charge in [0.1, 0.15) is 6.04 Å². The second-order valence-electron chi connectivity index (χ2n) is 11.1. The van der Waals surface area contributed by atoms with Gasteiger partial charge in [0.05, 0.1) is 0 Å². The summed E-state index contributed by atoms with van der Waals surface area (Å²) in [6.07, 6.45) is 0.821. The van der Waals surface area contributed by atoms with Crippen LogP contribution >= 0.6 is 0 Å². The van der Waals surface area contributed by atoms with Crippen LogP contribution in [0, 0.1) is 17.8 Å². The van der Waals surface area contributed by atoms with E-state index in [-0.39, 0.29) is 11.8 Å². The number of carboxylic acid groups (broad SMARTS) is 1. The number of amides is 1. The fourth-order valence-electron chi connectivity index (χ4n) is 5.60. The van der Waals surface area contributed by atoms with Gasteiger partial charge in [-0.15, -0.1) is 0 Å². The molecule has 0 radical (unpaired) electrons. The van der Waals surface area contributed by atoms with Crippen LogP contribution in [0.1, 0.15) is 46.5 Å². The Hall–Kier alpha value is -4.01. The summed E-state index contributed by atoms with van der Waals surface area (Å²) < 4.78 is 24.9. The number of nitrogens with zero attached hydrogens (tertiary/aromatic N) is 4. The number of aliphatic carboxylic acids is 1. The minimum atomic E-state index is -2.69. The second kappa shape index (κ2) is 13.5. The maximum Gasteiger partial charge on any atom is 0.323 e. The number of rotatable bonds is 8. The van der Waals surface area contributed by atoms with Gasteiger partial charge < -0.3 is 19.5 Å². The second-order valence-corrected chi connectivity index (χ2v) is 11.9. The molecule has 43 heavy (non-hydrogen) atoms. The van der Waals surface area contributed by atoms with Crippen molar-refractivity contribution in [1.82, 2.24) is 14.3 Å². The molecule has 10 heteroatoms. The number of hydrazine groups is 1. The summed E-state index contributed by atoms with van der Waals surface area (Å²) in [6.45, 7) is 6.55. The fraction of sp³-hybridized carbons (Fsp3) is 0.333. The molecule has 5 rings (SSSR count). The molecule has 0 aromatic heterocycles. The Balaban J connectivity index is 1.22. The lowest BCUT2D eigenvalue weighted by atomic mass is 9.96. The quantitative estimate of drug-likeness (QED) is 0.312. The van der Waals surface area contributed by atoms with Crippen molar-refractivity contribution < 1.29 is 23.5 Å². The van der Waals surface area contributed by atoms with Crippen LogP contribution in [0.2, 0.25) is 0 Å². The molecule has 3 aromatic rings. The van der Waals surface area contributed by atoms with E-state index in [1.807, 2.05) is 77.7 Å². The standard InChI is InChI=1S/C33H36N4O5S/c1-24(2)31(33(39)40)37(43(41)42)36-20-18-34(19-21-36)29-14-11-25(12-15-29)8-9-26-10-13-28-16-17-35(32(38)30(28)22-26)23-27-6-4-3-5-7-27/h3-7,10-15,22,24,31H,16-21,23H2,1-2H3,(H,39,40)(H,41,42)/p-1. The van der Waals surface area contributed by atoms with Crippen LogP contribution in [0.3, 0.4) is 0 Å². The van der Waals surface area contributed by atoms with Gasteiger partial charge in [0.25, 0.3) is 5.91 Å². The molecule has 224 valence electrons. The Morgan fingerprint density at radius 1 is 0.953 bits per heavy atom. The number of carbonyl (C=O) groups is 2.